The molecule has 0 heterocycles. The van der Waals surface area contributed by atoms with E-state index in [1.165, 1.54) is 0 Å². The van der Waals surface area contributed by atoms with Crippen molar-refractivity contribution in [3.05, 3.63) is 64.2 Å². The maximum atomic E-state index is 12.2. The van der Waals surface area contributed by atoms with Crippen LogP contribution in [0.3, 0.4) is 0 Å². The average molecular weight is 289 g/mol. The highest BCUT2D eigenvalue weighted by Gasteiger charge is 2.09. The van der Waals surface area contributed by atoms with Crippen LogP contribution in [-0.2, 0) is 6.54 Å². The Bertz CT molecular complexity index is 626. The molecule has 0 aliphatic rings. The zero-order valence-electron chi connectivity index (χ0n) is 11.5. The Kier molecular flexibility index (Phi) is 4.64. The fraction of sp³-hybridized carbons (Fsp3) is 0.188. The lowest BCUT2D eigenvalue weighted by Gasteiger charge is -2.10. The Morgan fingerprint density at radius 1 is 1.20 bits per heavy atom. The van der Waals surface area contributed by atoms with E-state index in [-0.39, 0.29) is 5.91 Å². The van der Waals surface area contributed by atoms with Gasteiger partial charge >= 0.3 is 0 Å². The zero-order chi connectivity index (χ0) is 14.5. The molecule has 0 aromatic heterocycles. The molecule has 0 spiro atoms. The van der Waals surface area contributed by atoms with Crippen molar-refractivity contribution in [3.8, 4) is 0 Å². The smallest absolute Gasteiger partial charge is 0.251 e. The van der Waals surface area contributed by atoms with Gasteiger partial charge in [0, 0.05) is 29.9 Å². The maximum Gasteiger partial charge on any atom is 0.251 e. The van der Waals surface area contributed by atoms with Gasteiger partial charge < -0.3 is 10.6 Å². The number of aryl methyl sites for hydroxylation is 1. The van der Waals surface area contributed by atoms with Gasteiger partial charge in [-0.3, -0.25) is 4.79 Å². The topological polar surface area (TPSA) is 41.1 Å². The molecule has 0 bridgehead atoms. The summed E-state index contributed by atoms with van der Waals surface area (Å²) in [5.41, 5.74) is 3.52. The van der Waals surface area contributed by atoms with Crippen molar-refractivity contribution in [1.82, 2.24) is 5.32 Å². The normalized spacial score (nSPS) is 10.2. The van der Waals surface area contributed by atoms with E-state index in [0.717, 1.165) is 16.8 Å². The van der Waals surface area contributed by atoms with E-state index in [0.29, 0.717) is 17.1 Å². The number of hydrogen-bond donors (Lipinski definition) is 2. The fourth-order valence-electron chi connectivity index (χ4n) is 1.99. The third-order valence-corrected chi connectivity index (χ3v) is 3.53. The van der Waals surface area contributed by atoms with Crippen molar-refractivity contribution in [2.75, 3.05) is 12.4 Å². The molecule has 0 aliphatic heterocycles. The van der Waals surface area contributed by atoms with Gasteiger partial charge in [0.1, 0.15) is 0 Å². The van der Waals surface area contributed by atoms with Crippen LogP contribution in [-0.4, -0.2) is 13.0 Å². The van der Waals surface area contributed by atoms with Crippen molar-refractivity contribution in [2.45, 2.75) is 13.5 Å². The molecule has 0 saturated heterocycles. The summed E-state index contributed by atoms with van der Waals surface area (Å²) >= 11 is 6.06. The van der Waals surface area contributed by atoms with Crippen LogP contribution >= 0.6 is 11.6 Å². The number of benzene rings is 2. The Balaban J connectivity index is 2.07. The molecular weight excluding hydrogens is 272 g/mol. The molecule has 0 fully saturated rings. The first-order valence-electron chi connectivity index (χ1n) is 6.42. The molecule has 104 valence electrons. The van der Waals surface area contributed by atoms with Crippen molar-refractivity contribution < 1.29 is 4.79 Å². The first kappa shape index (κ1) is 14.4. The third-order valence-electron chi connectivity index (χ3n) is 3.16. The van der Waals surface area contributed by atoms with Gasteiger partial charge in [-0.1, -0.05) is 29.8 Å². The molecule has 3 nitrogen and oxygen atoms in total. The summed E-state index contributed by atoms with van der Waals surface area (Å²) in [4.78, 5) is 12.2. The maximum absolute atomic E-state index is 12.2. The number of nitrogens with one attached hydrogen (secondary N) is 2. The summed E-state index contributed by atoms with van der Waals surface area (Å²) in [6.07, 6.45) is 0. The zero-order valence-corrected chi connectivity index (χ0v) is 12.3. The van der Waals surface area contributed by atoms with E-state index in [1.807, 2.05) is 56.4 Å². The number of carbonyl (C=O) groups is 1. The minimum Gasteiger partial charge on any atom is -0.388 e. The van der Waals surface area contributed by atoms with Gasteiger partial charge in [0.25, 0.3) is 5.91 Å². The molecular formula is C16H17ClN2O. The van der Waals surface area contributed by atoms with Crippen LogP contribution in [0, 0.1) is 6.92 Å². The first-order chi connectivity index (χ1) is 9.61. The van der Waals surface area contributed by atoms with Gasteiger partial charge in [-0.15, -0.1) is 0 Å². The van der Waals surface area contributed by atoms with Crippen LogP contribution in [0.25, 0.3) is 0 Å². The second-order valence-corrected chi connectivity index (χ2v) is 4.96. The van der Waals surface area contributed by atoms with Crippen LogP contribution in [0.5, 0.6) is 0 Å². The van der Waals surface area contributed by atoms with Crippen LogP contribution in [0.2, 0.25) is 5.02 Å². The van der Waals surface area contributed by atoms with E-state index in [4.69, 9.17) is 11.6 Å². The van der Waals surface area contributed by atoms with E-state index in [1.54, 1.807) is 0 Å². The summed E-state index contributed by atoms with van der Waals surface area (Å²) in [6.45, 7) is 2.34. The molecule has 0 radical (unpaired) electrons. The number of amides is 1. The highest BCUT2D eigenvalue weighted by atomic mass is 35.5. The predicted octanol–water partition coefficient (Wildman–Crippen LogP) is 3.62. The lowest BCUT2D eigenvalue weighted by Crippen LogP contribution is -2.23. The lowest BCUT2D eigenvalue weighted by molar-refractivity contribution is 0.0950. The Morgan fingerprint density at radius 3 is 2.60 bits per heavy atom. The predicted molar refractivity (Wildman–Crippen MR) is 83.3 cm³/mol. The molecule has 20 heavy (non-hydrogen) atoms. The average Bonchev–Trinajstić information content (AvgIpc) is 2.46. The summed E-state index contributed by atoms with van der Waals surface area (Å²) in [5, 5.41) is 6.60. The number of carbonyl (C=O) groups excluding carboxylic acids is 1. The van der Waals surface area contributed by atoms with Crippen LogP contribution in [0.1, 0.15) is 21.5 Å². The Morgan fingerprint density at radius 2 is 1.95 bits per heavy atom. The molecule has 1 amide bonds. The largest absolute Gasteiger partial charge is 0.388 e. The fourth-order valence-corrected chi connectivity index (χ4v) is 2.19. The molecule has 4 heteroatoms. The van der Waals surface area contributed by atoms with E-state index < -0.39 is 0 Å². The Hall–Kier alpha value is -2.00. The second-order valence-electron chi connectivity index (χ2n) is 4.55. The van der Waals surface area contributed by atoms with Crippen molar-refractivity contribution >= 4 is 23.2 Å². The molecule has 0 saturated carbocycles. The van der Waals surface area contributed by atoms with Gasteiger partial charge in [-0.2, -0.15) is 0 Å². The van der Waals surface area contributed by atoms with E-state index in [9.17, 15) is 4.79 Å². The minimum atomic E-state index is -0.0925. The molecule has 2 rings (SSSR count). The SMILES string of the molecule is CNc1ccc(C(=O)NCc2ccccc2Cl)c(C)c1. The van der Waals surface area contributed by atoms with Gasteiger partial charge in [0.2, 0.25) is 0 Å². The first-order valence-corrected chi connectivity index (χ1v) is 6.79. The highest BCUT2D eigenvalue weighted by molar-refractivity contribution is 6.31. The van der Waals surface area contributed by atoms with Gasteiger partial charge in [-0.25, -0.2) is 0 Å². The summed E-state index contributed by atoms with van der Waals surface area (Å²) in [7, 11) is 1.85. The van der Waals surface area contributed by atoms with Crippen LogP contribution < -0.4 is 10.6 Å². The standard InChI is InChI=1S/C16H17ClN2O/c1-11-9-13(18-2)7-8-14(11)16(20)19-10-12-5-3-4-6-15(12)17/h3-9,18H,10H2,1-2H3,(H,19,20). The van der Waals surface area contributed by atoms with Crippen molar-refractivity contribution in [3.63, 3.8) is 0 Å². The third kappa shape index (κ3) is 3.31. The van der Waals surface area contributed by atoms with Crippen molar-refractivity contribution in [2.24, 2.45) is 0 Å². The number of anilines is 1. The second kappa shape index (κ2) is 6.44. The van der Waals surface area contributed by atoms with E-state index in [2.05, 4.69) is 10.6 Å². The Labute approximate surface area is 124 Å². The molecule has 0 atom stereocenters. The van der Waals surface area contributed by atoms with Gasteiger partial charge in [0.05, 0.1) is 0 Å². The van der Waals surface area contributed by atoms with Gasteiger partial charge in [0.15, 0.2) is 0 Å². The monoisotopic (exact) mass is 288 g/mol. The van der Waals surface area contributed by atoms with Crippen LogP contribution in [0.4, 0.5) is 5.69 Å². The molecule has 0 unspecified atom stereocenters. The van der Waals surface area contributed by atoms with E-state index >= 15 is 0 Å². The molecule has 2 N–H and O–H groups in total. The number of hydrogen-bond acceptors (Lipinski definition) is 2. The van der Waals surface area contributed by atoms with Crippen LogP contribution in [0.15, 0.2) is 42.5 Å². The number of halogens is 1. The highest BCUT2D eigenvalue weighted by Crippen LogP contribution is 2.16. The summed E-state index contributed by atoms with van der Waals surface area (Å²) in [6, 6.07) is 13.1. The summed E-state index contributed by atoms with van der Waals surface area (Å²) in [5.74, 6) is -0.0925. The quantitative estimate of drug-likeness (QED) is 0.902. The summed E-state index contributed by atoms with van der Waals surface area (Å²) < 4.78 is 0. The lowest BCUT2D eigenvalue weighted by atomic mass is 10.1. The van der Waals surface area contributed by atoms with Crippen molar-refractivity contribution in [1.29, 1.82) is 0 Å². The van der Waals surface area contributed by atoms with Gasteiger partial charge in [-0.05, 0) is 42.3 Å². The molecule has 2 aromatic carbocycles. The number of rotatable bonds is 4. The molecule has 0 aliphatic carbocycles. The molecule has 2 aromatic rings. The minimum absolute atomic E-state index is 0.0925.